The van der Waals surface area contributed by atoms with E-state index < -0.39 is 0 Å². The summed E-state index contributed by atoms with van der Waals surface area (Å²) in [4.78, 5) is 20.9. The second-order valence-electron chi connectivity index (χ2n) is 5.79. The molecule has 3 heterocycles. The van der Waals surface area contributed by atoms with E-state index in [2.05, 4.69) is 9.88 Å². The third-order valence-electron chi connectivity index (χ3n) is 4.40. The normalized spacial score (nSPS) is 23.5. The molecular formula is C15H19Cl2N3O. The van der Waals surface area contributed by atoms with E-state index in [1.165, 1.54) is 38.5 Å². The van der Waals surface area contributed by atoms with Gasteiger partial charge in [-0.25, -0.2) is 4.98 Å². The van der Waals surface area contributed by atoms with E-state index in [9.17, 15) is 4.79 Å². The first-order chi connectivity index (χ1) is 10.1. The minimum atomic E-state index is 0.000533. The molecule has 0 saturated carbocycles. The van der Waals surface area contributed by atoms with Gasteiger partial charge in [-0.3, -0.25) is 9.69 Å². The highest BCUT2D eigenvalue weighted by Gasteiger charge is 2.31. The van der Waals surface area contributed by atoms with Gasteiger partial charge in [0.2, 0.25) is 0 Å². The summed E-state index contributed by atoms with van der Waals surface area (Å²) in [7, 11) is 0. The largest absolute Gasteiger partial charge is 0.337 e. The second kappa shape index (κ2) is 6.51. The van der Waals surface area contributed by atoms with Gasteiger partial charge in [0.25, 0.3) is 5.91 Å². The predicted octanol–water partition coefficient (Wildman–Crippen LogP) is 3.09. The fourth-order valence-electron chi connectivity index (χ4n) is 3.23. The number of hydrogen-bond donors (Lipinski definition) is 0. The molecule has 1 aromatic rings. The average molecular weight is 328 g/mol. The molecule has 2 saturated heterocycles. The molecule has 0 spiro atoms. The molecule has 114 valence electrons. The lowest BCUT2D eigenvalue weighted by Gasteiger charge is -2.32. The number of nitrogens with zero attached hydrogens (tertiary/aromatic N) is 3. The summed E-state index contributed by atoms with van der Waals surface area (Å²) >= 11 is 11.7. The first kappa shape index (κ1) is 15.1. The Morgan fingerprint density at radius 1 is 1.19 bits per heavy atom. The molecule has 2 aliphatic rings. The van der Waals surface area contributed by atoms with Gasteiger partial charge in [-0.2, -0.15) is 0 Å². The van der Waals surface area contributed by atoms with E-state index in [0.717, 1.165) is 19.5 Å². The van der Waals surface area contributed by atoms with Crippen LogP contribution in [-0.2, 0) is 0 Å². The van der Waals surface area contributed by atoms with Crippen LogP contribution in [0.4, 0.5) is 0 Å². The number of amides is 1. The van der Waals surface area contributed by atoms with Gasteiger partial charge in [-0.15, -0.1) is 0 Å². The number of rotatable bonds is 2. The zero-order chi connectivity index (χ0) is 14.8. The Balaban J connectivity index is 1.64. The summed E-state index contributed by atoms with van der Waals surface area (Å²) in [6, 6.07) is 2.11. The summed E-state index contributed by atoms with van der Waals surface area (Å²) in [5.74, 6) is 0.000533. The summed E-state index contributed by atoms with van der Waals surface area (Å²) < 4.78 is 0. The Bertz CT molecular complexity index is 532. The maximum absolute atomic E-state index is 12.5. The lowest BCUT2D eigenvalue weighted by Crippen LogP contribution is -2.41. The van der Waals surface area contributed by atoms with Crippen LogP contribution in [0.15, 0.2) is 12.3 Å². The van der Waals surface area contributed by atoms with Crippen LogP contribution in [-0.4, -0.2) is 52.9 Å². The minimum Gasteiger partial charge on any atom is -0.337 e. The molecule has 1 unspecified atom stereocenters. The molecule has 1 amide bonds. The van der Waals surface area contributed by atoms with Gasteiger partial charge in [0, 0.05) is 25.3 Å². The Morgan fingerprint density at radius 2 is 1.95 bits per heavy atom. The standard InChI is InChI=1S/C15H19Cl2N3O/c16-13-8-11(9-18-14(13)17)15(21)20-7-4-12(10-20)19-5-2-1-3-6-19/h8-9,12H,1-7,10H2. The van der Waals surface area contributed by atoms with Crippen molar-refractivity contribution < 1.29 is 4.79 Å². The smallest absolute Gasteiger partial charge is 0.255 e. The van der Waals surface area contributed by atoms with Gasteiger partial charge >= 0.3 is 0 Å². The maximum atomic E-state index is 12.5. The Hall–Kier alpha value is -0.840. The van der Waals surface area contributed by atoms with Crippen LogP contribution in [0.25, 0.3) is 0 Å². The molecule has 1 aromatic heterocycles. The number of aromatic nitrogens is 1. The number of carbonyl (C=O) groups is 1. The molecule has 0 bridgehead atoms. The van der Waals surface area contributed by atoms with Crippen LogP contribution in [0.5, 0.6) is 0 Å². The predicted molar refractivity (Wildman–Crippen MR) is 84.0 cm³/mol. The first-order valence-corrected chi connectivity index (χ1v) is 8.25. The molecule has 2 fully saturated rings. The number of halogens is 2. The Morgan fingerprint density at radius 3 is 2.67 bits per heavy atom. The number of piperidine rings is 1. The van der Waals surface area contributed by atoms with Crippen molar-refractivity contribution in [1.29, 1.82) is 0 Å². The number of carbonyl (C=O) groups excluding carboxylic acids is 1. The highest BCUT2D eigenvalue weighted by atomic mass is 35.5. The Kier molecular flexibility index (Phi) is 4.67. The molecule has 21 heavy (non-hydrogen) atoms. The molecule has 0 aliphatic carbocycles. The second-order valence-corrected chi connectivity index (χ2v) is 6.55. The van der Waals surface area contributed by atoms with E-state index in [1.54, 1.807) is 6.07 Å². The van der Waals surface area contributed by atoms with E-state index in [1.807, 2.05) is 4.90 Å². The SMILES string of the molecule is O=C(c1cnc(Cl)c(Cl)c1)N1CCC(N2CCCCC2)C1. The van der Waals surface area contributed by atoms with Gasteiger partial charge in [-0.05, 0) is 38.4 Å². The maximum Gasteiger partial charge on any atom is 0.255 e. The molecule has 2 aliphatic heterocycles. The number of hydrogen-bond acceptors (Lipinski definition) is 3. The molecular weight excluding hydrogens is 309 g/mol. The van der Waals surface area contributed by atoms with E-state index in [-0.39, 0.29) is 11.1 Å². The minimum absolute atomic E-state index is 0.000533. The first-order valence-electron chi connectivity index (χ1n) is 7.49. The van der Waals surface area contributed by atoms with Crippen LogP contribution in [0.1, 0.15) is 36.0 Å². The molecule has 0 radical (unpaired) electrons. The van der Waals surface area contributed by atoms with Gasteiger partial charge < -0.3 is 4.90 Å². The van der Waals surface area contributed by atoms with Crippen LogP contribution < -0.4 is 0 Å². The van der Waals surface area contributed by atoms with Crippen molar-refractivity contribution in [1.82, 2.24) is 14.8 Å². The van der Waals surface area contributed by atoms with E-state index in [4.69, 9.17) is 23.2 Å². The molecule has 1 atom stereocenters. The highest BCUT2D eigenvalue weighted by Crippen LogP contribution is 2.24. The van der Waals surface area contributed by atoms with Gasteiger partial charge in [0.05, 0.1) is 10.6 Å². The monoisotopic (exact) mass is 327 g/mol. The van der Waals surface area contributed by atoms with Crippen molar-refractivity contribution in [2.24, 2.45) is 0 Å². The molecule has 3 rings (SSSR count). The lowest BCUT2D eigenvalue weighted by atomic mass is 10.1. The van der Waals surface area contributed by atoms with Crippen LogP contribution in [0.2, 0.25) is 10.2 Å². The van der Waals surface area contributed by atoms with E-state index >= 15 is 0 Å². The third-order valence-corrected chi connectivity index (χ3v) is 5.09. The van der Waals surface area contributed by atoms with Crippen molar-refractivity contribution in [3.05, 3.63) is 28.0 Å². The average Bonchev–Trinajstić information content (AvgIpc) is 3.00. The lowest BCUT2D eigenvalue weighted by molar-refractivity contribution is 0.0771. The highest BCUT2D eigenvalue weighted by molar-refractivity contribution is 6.41. The van der Waals surface area contributed by atoms with Gasteiger partial charge in [0.1, 0.15) is 5.15 Å². The molecule has 6 heteroatoms. The van der Waals surface area contributed by atoms with Crippen LogP contribution in [0, 0.1) is 0 Å². The quantitative estimate of drug-likeness (QED) is 0.783. The summed E-state index contributed by atoms with van der Waals surface area (Å²) in [6.45, 7) is 3.95. The zero-order valence-electron chi connectivity index (χ0n) is 11.9. The van der Waals surface area contributed by atoms with Crippen molar-refractivity contribution >= 4 is 29.1 Å². The summed E-state index contributed by atoms with van der Waals surface area (Å²) in [5.41, 5.74) is 0.517. The topological polar surface area (TPSA) is 36.4 Å². The summed E-state index contributed by atoms with van der Waals surface area (Å²) in [5, 5.41) is 0.565. The van der Waals surface area contributed by atoms with Crippen molar-refractivity contribution in [3.8, 4) is 0 Å². The summed E-state index contributed by atoms with van der Waals surface area (Å²) in [6.07, 6.45) is 6.45. The molecule has 4 nitrogen and oxygen atoms in total. The molecule has 0 aromatic carbocycles. The van der Waals surface area contributed by atoms with Crippen molar-refractivity contribution in [3.63, 3.8) is 0 Å². The van der Waals surface area contributed by atoms with Crippen LogP contribution in [0.3, 0.4) is 0 Å². The van der Waals surface area contributed by atoms with E-state index in [0.29, 0.717) is 16.6 Å². The molecule has 0 N–H and O–H groups in total. The Labute approximate surface area is 135 Å². The zero-order valence-corrected chi connectivity index (χ0v) is 13.4. The van der Waals surface area contributed by atoms with Crippen molar-refractivity contribution in [2.45, 2.75) is 31.7 Å². The third kappa shape index (κ3) is 3.33. The van der Waals surface area contributed by atoms with Gasteiger partial charge in [-0.1, -0.05) is 29.6 Å². The fourth-order valence-corrected chi connectivity index (χ4v) is 3.50. The van der Waals surface area contributed by atoms with Crippen LogP contribution >= 0.6 is 23.2 Å². The van der Waals surface area contributed by atoms with Crippen molar-refractivity contribution in [2.75, 3.05) is 26.2 Å². The number of pyridine rings is 1. The van der Waals surface area contributed by atoms with Gasteiger partial charge in [0.15, 0.2) is 0 Å². The fraction of sp³-hybridized carbons (Fsp3) is 0.600. The number of likely N-dealkylation sites (tertiary alicyclic amines) is 2.